The van der Waals surface area contributed by atoms with Crippen LogP contribution in [0, 0.1) is 0 Å². The molecule has 0 saturated heterocycles. The predicted octanol–water partition coefficient (Wildman–Crippen LogP) is 9.19. The molecule has 0 amide bonds. The second-order valence-corrected chi connectivity index (χ2v) is 17.3. The van der Waals surface area contributed by atoms with Gasteiger partial charge in [-0.2, -0.15) is 0 Å². The Morgan fingerprint density at radius 3 is 1.26 bits per heavy atom. The van der Waals surface area contributed by atoms with Crippen LogP contribution in [0.25, 0.3) is 0 Å². The summed E-state index contributed by atoms with van der Waals surface area (Å²) in [5.41, 5.74) is 5.02. The third-order valence-corrected chi connectivity index (χ3v) is 9.71. The minimum absolute atomic E-state index is 0.0221. The summed E-state index contributed by atoms with van der Waals surface area (Å²) in [5.74, 6) is 1.94. The van der Waals surface area contributed by atoms with Crippen molar-refractivity contribution in [1.82, 2.24) is 0 Å². The topological polar surface area (TPSA) is 18.5 Å². The highest BCUT2D eigenvalue weighted by atomic mass is 32.2. The van der Waals surface area contributed by atoms with E-state index in [2.05, 4.69) is 138 Å². The zero-order valence-electron chi connectivity index (χ0n) is 25.4. The fraction of sp³-hybridized carbons (Fsp3) is 0.471. The summed E-state index contributed by atoms with van der Waals surface area (Å²) in [6, 6.07) is 19.9. The van der Waals surface area contributed by atoms with Crippen molar-refractivity contribution in [2.45, 2.75) is 115 Å². The maximum absolute atomic E-state index is 7.03. The molecule has 1 aliphatic rings. The first-order valence-corrected chi connectivity index (χ1v) is 15.8. The third-order valence-electron chi connectivity index (χ3n) is 7.08. The van der Waals surface area contributed by atoms with Gasteiger partial charge in [0.2, 0.25) is 0 Å². The number of fused-ring (bicyclic) bond motifs is 2. The molecule has 38 heavy (non-hydrogen) atoms. The molecular formula is C34H45O2SSi. The van der Waals surface area contributed by atoms with Crippen LogP contribution in [0.4, 0.5) is 0 Å². The number of rotatable bonds is 1. The van der Waals surface area contributed by atoms with Crippen molar-refractivity contribution in [2.24, 2.45) is 0 Å². The largest absolute Gasteiger partial charge is 0.572 e. The molecule has 203 valence electrons. The van der Waals surface area contributed by atoms with Gasteiger partial charge in [-0.25, -0.2) is 0 Å². The van der Waals surface area contributed by atoms with E-state index in [1.807, 2.05) is 0 Å². The molecule has 0 fully saturated rings. The van der Waals surface area contributed by atoms with Gasteiger partial charge in [0.25, 0.3) is 0 Å². The maximum atomic E-state index is 7.03. The molecule has 0 aliphatic carbocycles. The lowest BCUT2D eigenvalue weighted by Gasteiger charge is -2.34. The second-order valence-electron chi connectivity index (χ2n) is 14.7. The van der Waals surface area contributed by atoms with Crippen molar-refractivity contribution in [2.75, 3.05) is 0 Å². The molecule has 1 heterocycles. The van der Waals surface area contributed by atoms with Crippen LogP contribution in [-0.4, -0.2) is 9.28 Å². The van der Waals surface area contributed by atoms with E-state index in [9.17, 15) is 0 Å². The Hall–Kier alpha value is -2.17. The first kappa shape index (κ1) is 28.8. The Bertz CT molecular complexity index is 1230. The first-order chi connectivity index (χ1) is 17.4. The molecule has 0 N–H and O–H groups in total. The lowest BCUT2D eigenvalue weighted by molar-refractivity contribution is 0.402. The zero-order valence-corrected chi connectivity index (χ0v) is 27.2. The van der Waals surface area contributed by atoms with E-state index < -0.39 is 9.28 Å². The van der Waals surface area contributed by atoms with Crippen LogP contribution in [0.3, 0.4) is 0 Å². The minimum Gasteiger partial charge on any atom is -0.505 e. The van der Waals surface area contributed by atoms with Gasteiger partial charge in [-0.05, 0) is 56.0 Å². The molecule has 3 aromatic carbocycles. The molecule has 0 bridgehead atoms. The summed E-state index contributed by atoms with van der Waals surface area (Å²) >= 11 is 1.80. The van der Waals surface area contributed by atoms with Gasteiger partial charge in [-0.15, -0.1) is 0 Å². The van der Waals surface area contributed by atoms with Gasteiger partial charge >= 0.3 is 9.28 Å². The van der Waals surface area contributed by atoms with E-state index in [1.165, 1.54) is 32.0 Å². The summed E-state index contributed by atoms with van der Waals surface area (Å²) in [5, 5.41) is 1.11. The number of hydrogen-bond donors (Lipinski definition) is 0. The quantitative estimate of drug-likeness (QED) is 0.284. The van der Waals surface area contributed by atoms with Crippen molar-refractivity contribution in [3.63, 3.8) is 0 Å². The first-order valence-electron chi connectivity index (χ1n) is 13.7. The maximum Gasteiger partial charge on any atom is 0.572 e. The normalized spacial score (nSPS) is 15.1. The van der Waals surface area contributed by atoms with Crippen LogP contribution in [0.5, 0.6) is 11.5 Å². The molecule has 0 saturated carbocycles. The molecule has 0 atom stereocenters. The summed E-state index contributed by atoms with van der Waals surface area (Å²) in [6.07, 6.45) is 0. The molecule has 4 rings (SSSR count). The molecule has 1 radical (unpaired) electrons. The Balaban J connectivity index is 2.09. The summed E-state index contributed by atoms with van der Waals surface area (Å²) in [7, 11) is -1.88. The summed E-state index contributed by atoms with van der Waals surface area (Å²) in [4.78, 5) is 2.35. The van der Waals surface area contributed by atoms with Crippen LogP contribution >= 0.6 is 11.8 Å². The van der Waals surface area contributed by atoms with Gasteiger partial charge in [0.05, 0.1) is 9.79 Å². The van der Waals surface area contributed by atoms with Crippen molar-refractivity contribution in [3.05, 3.63) is 76.9 Å². The van der Waals surface area contributed by atoms with Gasteiger partial charge in [-0.1, -0.05) is 137 Å². The van der Waals surface area contributed by atoms with E-state index in [0.29, 0.717) is 0 Å². The second kappa shape index (κ2) is 9.78. The third kappa shape index (κ3) is 6.02. The molecule has 0 unspecified atom stereocenters. The van der Waals surface area contributed by atoms with Crippen molar-refractivity contribution < 1.29 is 8.85 Å². The van der Waals surface area contributed by atoms with Gasteiger partial charge in [0.15, 0.2) is 0 Å². The van der Waals surface area contributed by atoms with Crippen LogP contribution < -0.4 is 14.0 Å². The molecule has 3 aromatic rings. The van der Waals surface area contributed by atoms with Gasteiger partial charge < -0.3 is 8.85 Å². The number of hydrogen-bond acceptors (Lipinski definition) is 3. The van der Waals surface area contributed by atoms with E-state index in [-0.39, 0.29) is 21.7 Å². The monoisotopic (exact) mass is 545 g/mol. The van der Waals surface area contributed by atoms with Gasteiger partial charge in [-0.3, -0.25) is 0 Å². The number of benzene rings is 3. The molecular weight excluding hydrogens is 501 g/mol. The molecule has 0 spiro atoms. The molecule has 1 aliphatic heterocycles. The highest BCUT2D eigenvalue weighted by Crippen LogP contribution is 2.51. The Morgan fingerprint density at radius 1 is 0.526 bits per heavy atom. The van der Waals surface area contributed by atoms with Crippen molar-refractivity contribution >= 4 is 26.2 Å². The molecule has 0 aromatic heterocycles. The summed E-state index contributed by atoms with van der Waals surface area (Å²) < 4.78 is 14.1. The van der Waals surface area contributed by atoms with Gasteiger partial charge in [0.1, 0.15) is 11.5 Å². The standard InChI is InChI=1S/C34H45O2SSi/c1-31(2,3)22-18-25(33(7,8)9)29-27(20-22)37-28-21-23(32(4,5)6)19-26(34(10,11)12)30(28)36-38(35-29)24-16-14-13-15-17-24/h13-21H,1-12H3. The SMILES string of the molecule is CC(C)(C)c1cc2c(c(C(C)(C)C)c1)O[Si](c1ccccc1)Oc1c(cc(C(C)(C)C)cc1C(C)(C)C)S2. The molecule has 2 nitrogen and oxygen atoms in total. The Labute approximate surface area is 237 Å². The van der Waals surface area contributed by atoms with E-state index in [4.69, 9.17) is 8.85 Å². The fourth-order valence-corrected chi connectivity index (χ4v) is 7.36. The summed E-state index contributed by atoms with van der Waals surface area (Å²) in [6.45, 7) is 27.4. The highest BCUT2D eigenvalue weighted by Gasteiger charge is 2.37. The van der Waals surface area contributed by atoms with Crippen LogP contribution in [-0.2, 0) is 21.7 Å². The lowest BCUT2D eigenvalue weighted by atomic mass is 9.80. The predicted molar refractivity (Wildman–Crippen MR) is 165 cm³/mol. The smallest absolute Gasteiger partial charge is 0.505 e. The van der Waals surface area contributed by atoms with Gasteiger partial charge in [0, 0.05) is 5.19 Å². The van der Waals surface area contributed by atoms with Crippen molar-refractivity contribution in [1.29, 1.82) is 0 Å². The van der Waals surface area contributed by atoms with Crippen LogP contribution in [0.15, 0.2) is 64.4 Å². The molecule has 4 heteroatoms. The average molecular weight is 546 g/mol. The minimum atomic E-state index is -1.88. The fourth-order valence-electron chi connectivity index (χ4n) is 4.56. The van der Waals surface area contributed by atoms with Crippen LogP contribution in [0.1, 0.15) is 105 Å². The Kier molecular flexibility index (Phi) is 7.42. The average Bonchev–Trinajstić information content (AvgIpc) is 2.76. The van der Waals surface area contributed by atoms with E-state index >= 15 is 0 Å². The Morgan fingerprint density at radius 2 is 0.921 bits per heavy atom. The van der Waals surface area contributed by atoms with Crippen LogP contribution in [0.2, 0.25) is 0 Å². The van der Waals surface area contributed by atoms with Crippen molar-refractivity contribution in [3.8, 4) is 11.5 Å². The lowest BCUT2D eigenvalue weighted by Crippen LogP contribution is -2.44. The zero-order chi connectivity index (χ0) is 28.3. The highest BCUT2D eigenvalue weighted by molar-refractivity contribution is 7.99. The van der Waals surface area contributed by atoms with E-state index in [1.54, 1.807) is 11.8 Å². The van der Waals surface area contributed by atoms with E-state index in [0.717, 1.165) is 16.7 Å².